The molecule has 0 heterocycles. The van der Waals surface area contributed by atoms with Crippen LogP contribution in [0.4, 0.5) is 0 Å². The van der Waals surface area contributed by atoms with Crippen LogP contribution in [0.1, 0.15) is 0 Å². The van der Waals surface area contributed by atoms with Gasteiger partial charge in [-0.25, -0.2) is 0 Å². The first-order valence-corrected chi connectivity index (χ1v) is 0. The number of rotatable bonds is 0. The SMILES string of the molecule is [Ca].[Mo].[Mo].[W]. The van der Waals surface area contributed by atoms with Crippen molar-refractivity contribution >= 4 is 37.7 Å². The molecule has 4 heavy (non-hydrogen) atoms. The molecule has 2 radical (unpaired) electrons. The molecule has 0 bridgehead atoms. The van der Waals surface area contributed by atoms with E-state index in [4.69, 9.17) is 0 Å². The molecule has 0 aliphatic carbocycles. The van der Waals surface area contributed by atoms with Crippen LogP contribution in [0.15, 0.2) is 0 Å². The van der Waals surface area contributed by atoms with Crippen LogP contribution in [0, 0.1) is 0 Å². The van der Waals surface area contributed by atoms with Crippen LogP contribution in [0.3, 0.4) is 0 Å². The third kappa shape index (κ3) is 9.01. The van der Waals surface area contributed by atoms with E-state index in [0.717, 1.165) is 0 Å². The second-order valence-corrected chi connectivity index (χ2v) is 0. The van der Waals surface area contributed by atoms with Crippen molar-refractivity contribution < 1.29 is 63.2 Å². The summed E-state index contributed by atoms with van der Waals surface area (Å²) < 4.78 is 0. The van der Waals surface area contributed by atoms with Gasteiger partial charge in [0, 0.05) is 101 Å². The fourth-order valence-corrected chi connectivity index (χ4v) is 0. The van der Waals surface area contributed by atoms with Crippen molar-refractivity contribution in [3.8, 4) is 0 Å². The molecule has 0 amide bonds. The first-order chi connectivity index (χ1) is 0. The Morgan fingerprint density at radius 2 is 0.750 bits per heavy atom. The van der Waals surface area contributed by atoms with E-state index in [-0.39, 0.29) is 101 Å². The molecule has 0 nitrogen and oxygen atoms in total. The van der Waals surface area contributed by atoms with Crippen LogP contribution in [0.25, 0.3) is 0 Å². The van der Waals surface area contributed by atoms with E-state index in [1.165, 1.54) is 0 Å². The maximum Gasteiger partial charge on any atom is 0 e. The van der Waals surface area contributed by atoms with Crippen molar-refractivity contribution in [2.24, 2.45) is 0 Å². The molecule has 20 valence electrons. The van der Waals surface area contributed by atoms with Gasteiger partial charge in [0.2, 0.25) is 0 Å². The summed E-state index contributed by atoms with van der Waals surface area (Å²) in [4.78, 5) is 0. The van der Waals surface area contributed by atoms with Gasteiger partial charge in [0.25, 0.3) is 0 Å². The summed E-state index contributed by atoms with van der Waals surface area (Å²) in [6.45, 7) is 0. The minimum Gasteiger partial charge on any atom is 0 e. The standard InChI is InChI=1S/Ca.2Mo.W. The summed E-state index contributed by atoms with van der Waals surface area (Å²) in [5, 5.41) is 0. The van der Waals surface area contributed by atoms with Gasteiger partial charge in [-0.3, -0.25) is 0 Å². The van der Waals surface area contributed by atoms with Crippen molar-refractivity contribution in [1.29, 1.82) is 0 Å². The Bertz CT molecular complexity index is 6.00. The number of hydrogen-bond acceptors (Lipinski definition) is 0. The Balaban J connectivity index is 0. The first-order valence-electron chi connectivity index (χ1n) is 0. The van der Waals surface area contributed by atoms with E-state index in [9.17, 15) is 0 Å². The third-order valence-corrected chi connectivity index (χ3v) is 0. The quantitative estimate of drug-likeness (QED) is 0.473. The molecule has 0 fully saturated rings. The fraction of sp³-hybridized carbons (Fsp3) is 0. The van der Waals surface area contributed by atoms with E-state index in [0.29, 0.717) is 0 Å². The molecule has 0 aliphatic rings. The van der Waals surface area contributed by atoms with Crippen molar-refractivity contribution in [2.75, 3.05) is 0 Å². The summed E-state index contributed by atoms with van der Waals surface area (Å²) in [6.07, 6.45) is 0. The van der Waals surface area contributed by atoms with Crippen molar-refractivity contribution in [1.82, 2.24) is 0 Å². The van der Waals surface area contributed by atoms with Gasteiger partial charge in [-0.2, -0.15) is 0 Å². The van der Waals surface area contributed by atoms with Crippen molar-refractivity contribution in [3.63, 3.8) is 0 Å². The maximum absolute atomic E-state index is 0. The third-order valence-electron chi connectivity index (χ3n) is 0. The average molecular weight is 416 g/mol. The Kier molecular flexibility index (Phi) is 108. The zero-order chi connectivity index (χ0) is 0. The molecule has 0 aromatic rings. The Labute approximate surface area is 98.6 Å². The number of hydrogen-bond donors (Lipinski definition) is 0. The zero-order valence-electron chi connectivity index (χ0n) is 1.93. The first kappa shape index (κ1) is 26.5. The van der Waals surface area contributed by atoms with Crippen LogP contribution in [0.2, 0.25) is 0 Å². The molecule has 0 aromatic carbocycles. The van der Waals surface area contributed by atoms with Crippen LogP contribution < -0.4 is 0 Å². The Morgan fingerprint density at radius 3 is 0.750 bits per heavy atom. The zero-order valence-corrected chi connectivity index (χ0v) is 11.1. The summed E-state index contributed by atoms with van der Waals surface area (Å²) >= 11 is 0. The van der Waals surface area contributed by atoms with Gasteiger partial charge in [0.1, 0.15) is 0 Å². The maximum atomic E-state index is 0. The van der Waals surface area contributed by atoms with Gasteiger partial charge >= 0.3 is 0 Å². The van der Waals surface area contributed by atoms with Crippen LogP contribution in [-0.4, -0.2) is 37.7 Å². The van der Waals surface area contributed by atoms with E-state index in [1.807, 2.05) is 0 Å². The van der Waals surface area contributed by atoms with Gasteiger partial charge in [-0.05, 0) is 0 Å². The second-order valence-electron chi connectivity index (χ2n) is 0. The average Bonchev–Trinajstić information content (AvgIpc) is 0. The predicted octanol–water partition coefficient (Wildman–Crippen LogP) is -0.388. The second kappa shape index (κ2) is 16.2. The molecule has 0 unspecified atom stereocenters. The van der Waals surface area contributed by atoms with Crippen LogP contribution in [0.5, 0.6) is 0 Å². The summed E-state index contributed by atoms with van der Waals surface area (Å²) in [5.41, 5.74) is 0. The summed E-state index contributed by atoms with van der Waals surface area (Å²) in [5.74, 6) is 0. The van der Waals surface area contributed by atoms with Crippen molar-refractivity contribution in [3.05, 3.63) is 0 Å². The molecule has 0 saturated carbocycles. The minimum absolute atomic E-state index is 0. The molecule has 0 saturated heterocycles. The van der Waals surface area contributed by atoms with E-state index < -0.39 is 0 Å². The van der Waals surface area contributed by atoms with Gasteiger partial charge in [0.05, 0.1) is 0 Å². The van der Waals surface area contributed by atoms with Gasteiger partial charge < -0.3 is 0 Å². The van der Waals surface area contributed by atoms with Gasteiger partial charge in [-0.1, -0.05) is 0 Å². The molecule has 0 aliphatic heterocycles. The molecule has 0 N–H and O–H groups in total. The molecule has 0 aromatic heterocycles. The smallest absolute Gasteiger partial charge is 0 e. The fourth-order valence-electron chi connectivity index (χ4n) is 0. The normalized spacial score (nSPS) is 0. The van der Waals surface area contributed by atoms with E-state index >= 15 is 0 Å². The summed E-state index contributed by atoms with van der Waals surface area (Å²) in [7, 11) is 0. The van der Waals surface area contributed by atoms with Gasteiger partial charge in [-0.15, -0.1) is 0 Å². The van der Waals surface area contributed by atoms with E-state index in [1.54, 1.807) is 0 Å². The minimum atomic E-state index is 0. The van der Waals surface area contributed by atoms with Gasteiger partial charge in [0.15, 0.2) is 0 Å². The van der Waals surface area contributed by atoms with Crippen LogP contribution >= 0.6 is 0 Å². The topological polar surface area (TPSA) is 0 Å². The van der Waals surface area contributed by atoms with Crippen LogP contribution in [-0.2, 0) is 63.2 Å². The molecule has 0 rings (SSSR count). The van der Waals surface area contributed by atoms with E-state index in [2.05, 4.69) is 0 Å². The largest absolute Gasteiger partial charge is 0 e. The molecular formula is CaMo2W. The molecular weight excluding hydrogens is 416 g/mol. The summed E-state index contributed by atoms with van der Waals surface area (Å²) in [6, 6.07) is 0. The molecule has 0 atom stereocenters. The molecule has 4 heteroatoms. The molecule has 0 spiro atoms. The van der Waals surface area contributed by atoms with Crippen molar-refractivity contribution in [2.45, 2.75) is 0 Å². The monoisotopic (exact) mass is 420 g/mol. The Hall–Kier alpha value is 3.32. The Morgan fingerprint density at radius 1 is 0.750 bits per heavy atom. The predicted molar refractivity (Wildman–Crippen MR) is 5.75 cm³/mol.